The molecule has 0 spiro atoms. The summed E-state index contributed by atoms with van der Waals surface area (Å²) < 4.78 is 31.0. The largest absolute Gasteiger partial charge is 0.391 e. The average Bonchev–Trinajstić information content (AvgIpc) is 3.21. The van der Waals surface area contributed by atoms with Crippen molar-refractivity contribution >= 4 is 28.6 Å². The number of rotatable bonds is 7. The van der Waals surface area contributed by atoms with Gasteiger partial charge in [0.25, 0.3) is 0 Å². The number of fused-ring (bicyclic) bond motifs is 1. The molecule has 7 rings (SSSR count). The summed E-state index contributed by atoms with van der Waals surface area (Å²) in [5.41, 5.74) is -0.771. The molecular weight excluding hydrogens is 526 g/mol. The molecule has 4 aliphatic carbocycles. The molecule has 4 saturated carbocycles. The minimum absolute atomic E-state index is 0.0669. The number of hydrogen-bond acceptors (Lipinski definition) is 7. The fourth-order valence-electron chi connectivity index (χ4n) is 6.75. The Labute approximate surface area is 231 Å². The van der Waals surface area contributed by atoms with Gasteiger partial charge in [-0.05, 0) is 78.4 Å². The summed E-state index contributed by atoms with van der Waals surface area (Å²) in [4.78, 5) is 13.3. The molecule has 1 aromatic carbocycles. The minimum atomic E-state index is -1.26. The van der Waals surface area contributed by atoms with Crippen LogP contribution < -0.4 is 10.6 Å². The van der Waals surface area contributed by atoms with Gasteiger partial charge in [0.2, 0.25) is 5.95 Å². The topological polar surface area (TPSA) is 108 Å². The second kappa shape index (κ2) is 9.06. The lowest BCUT2D eigenvalue weighted by Gasteiger charge is -2.67. The van der Waals surface area contributed by atoms with Crippen LogP contribution in [0, 0.1) is 5.82 Å². The fraction of sp³-hybridized carbons (Fsp3) is 0.607. The highest BCUT2D eigenvalue weighted by atomic mass is 35.5. The van der Waals surface area contributed by atoms with Gasteiger partial charge in [-0.3, -0.25) is 0 Å². The van der Waals surface area contributed by atoms with Crippen LogP contribution in [-0.4, -0.2) is 59.1 Å². The van der Waals surface area contributed by atoms with Crippen molar-refractivity contribution in [1.82, 2.24) is 24.8 Å². The molecule has 4 fully saturated rings. The van der Waals surface area contributed by atoms with Gasteiger partial charge in [-0.2, -0.15) is 0 Å². The van der Waals surface area contributed by atoms with Crippen molar-refractivity contribution in [2.75, 3.05) is 5.32 Å². The van der Waals surface area contributed by atoms with Crippen LogP contribution in [0.4, 0.5) is 14.7 Å². The van der Waals surface area contributed by atoms with Gasteiger partial charge in [-0.1, -0.05) is 11.6 Å². The van der Waals surface area contributed by atoms with Crippen LogP contribution in [0.2, 0.25) is 5.02 Å². The third-order valence-corrected chi connectivity index (χ3v) is 8.71. The molecule has 3 aromatic rings. The van der Waals surface area contributed by atoms with Gasteiger partial charge in [0, 0.05) is 23.2 Å². The number of aromatic nitrogens is 4. The van der Waals surface area contributed by atoms with Gasteiger partial charge < -0.3 is 25.4 Å². The summed E-state index contributed by atoms with van der Waals surface area (Å²) in [7, 11) is 0. The molecule has 0 radical (unpaired) electrons. The van der Waals surface area contributed by atoms with E-state index in [0.717, 1.165) is 6.42 Å². The van der Waals surface area contributed by atoms with Crippen LogP contribution in [0.1, 0.15) is 78.1 Å². The van der Waals surface area contributed by atoms with Gasteiger partial charge in [-0.25, -0.2) is 23.7 Å². The molecule has 8 nitrogen and oxygen atoms in total. The van der Waals surface area contributed by atoms with Crippen LogP contribution in [0.5, 0.6) is 0 Å². The number of aliphatic hydroxyl groups excluding tert-OH is 1. The Morgan fingerprint density at radius 3 is 2.51 bits per heavy atom. The zero-order valence-corrected chi connectivity index (χ0v) is 23.4. The van der Waals surface area contributed by atoms with E-state index >= 15 is 4.39 Å². The van der Waals surface area contributed by atoms with E-state index in [0.29, 0.717) is 60.7 Å². The molecule has 0 aliphatic heterocycles. The SMILES string of the molecule is CC(C)n1c(C(C)(C)O)nc2c(F)cc(-c3nc(N[C@@H]4CC[C@@H](NC56CC(F)(C5)C6)C[C@H]4O)ncc3Cl)cc21. The average molecular weight is 561 g/mol. The number of benzene rings is 1. The first-order valence-corrected chi connectivity index (χ1v) is 14.0. The van der Waals surface area contributed by atoms with E-state index in [9.17, 15) is 14.6 Å². The first-order chi connectivity index (χ1) is 18.3. The summed E-state index contributed by atoms with van der Waals surface area (Å²) in [6, 6.07) is 2.93. The van der Waals surface area contributed by atoms with Crippen molar-refractivity contribution in [2.24, 2.45) is 0 Å². The summed E-state index contributed by atoms with van der Waals surface area (Å²) in [6.45, 7) is 7.14. The molecule has 2 aromatic heterocycles. The summed E-state index contributed by atoms with van der Waals surface area (Å²) in [6.07, 6.45) is 4.69. The maximum Gasteiger partial charge on any atom is 0.223 e. The fourth-order valence-corrected chi connectivity index (χ4v) is 6.95. The van der Waals surface area contributed by atoms with Crippen molar-refractivity contribution in [3.8, 4) is 11.3 Å². The highest BCUT2D eigenvalue weighted by molar-refractivity contribution is 6.33. The third kappa shape index (κ3) is 4.69. The highest BCUT2D eigenvalue weighted by Crippen LogP contribution is 2.63. The third-order valence-electron chi connectivity index (χ3n) is 8.44. The van der Waals surface area contributed by atoms with Crippen molar-refractivity contribution in [2.45, 2.75) is 107 Å². The number of halogens is 3. The Morgan fingerprint density at radius 1 is 1.18 bits per heavy atom. The van der Waals surface area contributed by atoms with Gasteiger partial charge in [0.1, 0.15) is 22.6 Å². The van der Waals surface area contributed by atoms with E-state index < -0.39 is 23.2 Å². The van der Waals surface area contributed by atoms with E-state index in [2.05, 4.69) is 25.6 Å². The summed E-state index contributed by atoms with van der Waals surface area (Å²) >= 11 is 6.48. The van der Waals surface area contributed by atoms with Crippen molar-refractivity contribution in [3.05, 3.63) is 35.0 Å². The van der Waals surface area contributed by atoms with Gasteiger partial charge >= 0.3 is 0 Å². The van der Waals surface area contributed by atoms with E-state index in [-0.39, 0.29) is 34.2 Å². The number of nitrogens with zero attached hydrogens (tertiary/aromatic N) is 4. The quantitative estimate of drug-likeness (QED) is 0.321. The zero-order chi connectivity index (χ0) is 27.9. The Morgan fingerprint density at radius 2 is 1.90 bits per heavy atom. The molecular formula is C28H35ClF2N6O2. The predicted molar refractivity (Wildman–Crippen MR) is 146 cm³/mol. The molecule has 0 saturated heterocycles. The predicted octanol–water partition coefficient (Wildman–Crippen LogP) is 5.02. The van der Waals surface area contributed by atoms with Crippen molar-refractivity contribution < 1.29 is 19.0 Å². The normalized spacial score (nSPS) is 30.4. The van der Waals surface area contributed by atoms with Crippen molar-refractivity contribution in [3.63, 3.8) is 0 Å². The second-order valence-corrected chi connectivity index (χ2v) is 13.0. The molecule has 39 heavy (non-hydrogen) atoms. The molecule has 11 heteroatoms. The minimum Gasteiger partial charge on any atom is -0.391 e. The Bertz CT molecular complexity index is 1420. The first-order valence-electron chi connectivity index (χ1n) is 13.6. The van der Waals surface area contributed by atoms with E-state index in [4.69, 9.17) is 11.6 Å². The van der Waals surface area contributed by atoms with Crippen LogP contribution in [-0.2, 0) is 5.60 Å². The first kappa shape index (κ1) is 26.8. The molecule has 4 aliphatic rings. The standard InChI is InChI=1S/C28H35ClF2N6O2/c1-14(2)37-20-8-15(7-18(30)23(20)34-24(37)26(3,4)39)22-17(29)10-32-25(35-22)33-19-6-5-16(9-21(19)38)36-28-11-27(31,12-28)13-28/h7-8,10,14,16,19,21,36,38-39H,5-6,9,11-13H2,1-4H3,(H,32,33,35)/t16-,19-,21-,27?,28?/m1/s1. The lowest BCUT2D eigenvalue weighted by molar-refractivity contribution is -0.175. The van der Waals surface area contributed by atoms with E-state index in [1.165, 1.54) is 12.3 Å². The van der Waals surface area contributed by atoms with Crippen LogP contribution in [0.15, 0.2) is 18.3 Å². The summed E-state index contributed by atoms with van der Waals surface area (Å²) in [5.74, 6) is 0.121. The van der Waals surface area contributed by atoms with E-state index in [1.54, 1.807) is 19.9 Å². The van der Waals surface area contributed by atoms with Gasteiger partial charge in [-0.15, -0.1) is 0 Å². The zero-order valence-electron chi connectivity index (χ0n) is 22.6. The summed E-state index contributed by atoms with van der Waals surface area (Å²) in [5, 5.41) is 28.6. The highest BCUT2D eigenvalue weighted by Gasteiger charge is 2.69. The molecule has 0 unspecified atom stereocenters. The molecule has 210 valence electrons. The molecule has 0 amide bonds. The van der Waals surface area contributed by atoms with Crippen LogP contribution in [0.25, 0.3) is 22.3 Å². The van der Waals surface area contributed by atoms with Gasteiger partial charge in [0.05, 0.1) is 34.6 Å². The maximum atomic E-state index is 15.3. The Balaban J connectivity index is 1.23. The number of alkyl halides is 1. The molecule has 3 atom stereocenters. The Kier molecular flexibility index (Phi) is 6.22. The number of anilines is 1. The van der Waals surface area contributed by atoms with E-state index in [1.807, 2.05) is 18.4 Å². The van der Waals surface area contributed by atoms with Gasteiger partial charge in [0.15, 0.2) is 5.82 Å². The molecule has 4 N–H and O–H groups in total. The Hall–Kier alpha value is -2.40. The van der Waals surface area contributed by atoms with Crippen molar-refractivity contribution in [1.29, 1.82) is 0 Å². The second-order valence-electron chi connectivity index (χ2n) is 12.6. The molecule has 2 bridgehead atoms. The number of aliphatic hydroxyl groups is 2. The lowest BCUT2D eigenvalue weighted by Crippen LogP contribution is -2.77. The lowest BCUT2D eigenvalue weighted by atomic mass is 9.47. The molecule has 2 heterocycles. The van der Waals surface area contributed by atoms with Crippen LogP contribution in [0.3, 0.4) is 0 Å². The maximum absolute atomic E-state index is 15.3. The van der Waals surface area contributed by atoms with Crippen LogP contribution >= 0.6 is 11.6 Å². The number of imidazole rings is 1. The monoisotopic (exact) mass is 560 g/mol. The number of nitrogens with one attached hydrogen (secondary N) is 2. The number of hydrogen-bond donors (Lipinski definition) is 4. The smallest absolute Gasteiger partial charge is 0.223 e.